The highest BCUT2D eigenvalue weighted by atomic mass is 32.2. The Morgan fingerprint density at radius 2 is 2.18 bits per heavy atom. The zero-order chi connectivity index (χ0) is 24.9. The second-order valence-corrected chi connectivity index (χ2v) is 9.66. The maximum absolute atomic E-state index is 12.8. The fourth-order valence-corrected chi connectivity index (χ4v) is 5.64. The molecule has 34 heavy (non-hydrogen) atoms. The van der Waals surface area contributed by atoms with Crippen LogP contribution in [0, 0.1) is 5.41 Å². The van der Waals surface area contributed by atoms with Crippen LogP contribution in [0.3, 0.4) is 0 Å². The highest BCUT2D eigenvalue weighted by Crippen LogP contribution is 2.42. The zero-order valence-electron chi connectivity index (χ0n) is 18.5. The molecule has 3 rings (SSSR count). The lowest BCUT2D eigenvalue weighted by Gasteiger charge is -2.53. The normalized spacial score (nSPS) is 24.1. The van der Waals surface area contributed by atoms with E-state index in [9.17, 15) is 24.4 Å². The van der Waals surface area contributed by atoms with E-state index in [1.165, 1.54) is 29.2 Å². The van der Waals surface area contributed by atoms with Crippen molar-refractivity contribution < 1.29 is 38.6 Å². The summed E-state index contributed by atoms with van der Waals surface area (Å²) >= 11 is 2.35. The van der Waals surface area contributed by atoms with Crippen LogP contribution < -0.4 is 11.1 Å². The van der Waals surface area contributed by atoms with E-state index < -0.39 is 47.4 Å². The number of nitrogens with two attached hydrogens (primary N) is 1. The van der Waals surface area contributed by atoms with E-state index in [-0.39, 0.29) is 41.9 Å². The number of thioether (sulfide) groups is 1. The van der Waals surface area contributed by atoms with Gasteiger partial charge in [0, 0.05) is 31.2 Å². The molecule has 0 aliphatic carbocycles. The van der Waals surface area contributed by atoms with Crippen LogP contribution in [0.15, 0.2) is 10.5 Å². The first-order valence-electron chi connectivity index (χ1n) is 10.2. The number of anilines is 1. The van der Waals surface area contributed by atoms with Crippen LogP contribution in [0.4, 0.5) is 5.13 Å². The average molecular weight is 516 g/mol. The molecule has 2 amide bonds. The number of carbonyl (C=O) groups is 4. The molecule has 4 N–H and O–H groups in total. The Bertz CT molecular complexity index is 986. The predicted molar refractivity (Wildman–Crippen MR) is 121 cm³/mol. The molecule has 0 spiro atoms. The summed E-state index contributed by atoms with van der Waals surface area (Å²) in [5.74, 6) is -2.08. The van der Waals surface area contributed by atoms with Gasteiger partial charge in [0.05, 0.1) is 6.61 Å². The van der Waals surface area contributed by atoms with Gasteiger partial charge < -0.3 is 35.4 Å². The Morgan fingerprint density at radius 1 is 1.41 bits per heavy atom. The summed E-state index contributed by atoms with van der Waals surface area (Å²) in [6.07, 6.45) is 0.822. The van der Waals surface area contributed by atoms with Gasteiger partial charge in [0.25, 0.3) is 5.91 Å². The molecule has 3 heterocycles. The first kappa shape index (κ1) is 25.7. The molecular weight excluding hydrogens is 490 g/mol. The molecule has 2 unspecified atom stereocenters. The number of aromatic nitrogens is 1. The van der Waals surface area contributed by atoms with E-state index in [2.05, 4.69) is 15.5 Å². The minimum atomic E-state index is -1.16. The fourth-order valence-electron chi connectivity index (χ4n) is 3.57. The molecule has 1 aromatic heterocycles. The minimum absolute atomic E-state index is 0.00894. The van der Waals surface area contributed by atoms with Crippen molar-refractivity contribution in [3.05, 3.63) is 11.1 Å². The number of thiazole rings is 1. The third-order valence-electron chi connectivity index (χ3n) is 5.23. The molecule has 15 heteroatoms. The summed E-state index contributed by atoms with van der Waals surface area (Å²) in [6, 6.07) is -0.878. The predicted octanol–water partition coefficient (Wildman–Crippen LogP) is -0.220. The number of hydrogen-bond acceptors (Lipinski definition) is 13. The van der Waals surface area contributed by atoms with Crippen molar-refractivity contribution in [3.63, 3.8) is 0 Å². The largest absolute Gasteiger partial charge is 0.428 e. The number of nitrogens with one attached hydrogen (secondary N) is 1. The summed E-state index contributed by atoms with van der Waals surface area (Å²) in [7, 11) is 1.43. The maximum atomic E-state index is 12.8. The molecule has 13 nitrogen and oxygen atoms in total. The maximum Gasteiger partial charge on any atom is 0.319 e. The van der Waals surface area contributed by atoms with Crippen LogP contribution in [-0.2, 0) is 33.4 Å². The van der Waals surface area contributed by atoms with Gasteiger partial charge in [0.1, 0.15) is 22.5 Å². The second-order valence-electron chi connectivity index (χ2n) is 7.67. The van der Waals surface area contributed by atoms with Crippen molar-refractivity contribution in [2.45, 2.75) is 31.2 Å². The number of hydrogen-bond donors (Lipinski definition) is 3. The van der Waals surface area contributed by atoms with Crippen molar-refractivity contribution in [1.29, 1.82) is 0 Å². The Hall–Kier alpha value is -2.91. The Morgan fingerprint density at radius 3 is 2.79 bits per heavy atom. The molecule has 186 valence electrons. The van der Waals surface area contributed by atoms with Crippen LogP contribution in [0.2, 0.25) is 0 Å². The molecule has 1 aromatic rings. The van der Waals surface area contributed by atoms with Crippen LogP contribution in [0.25, 0.3) is 0 Å². The number of esters is 2. The highest BCUT2D eigenvalue weighted by Gasteiger charge is 2.58. The Kier molecular flexibility index (Phi) is 8.33. The number of nitrogens with zero attached hydrogens (tertiary/aromatic N) is 3. The number of methoxy groups -OCH3 is 1. The van der Waals surface area contributed by atoms with Crippen LogP contribution in [0.1, 0.15) is 25.5 Å². The standard InChI is InChI=1S/C19H25N5O8S2/c1-3-4-11(25)31-9-32-17(28)19(7-30-2)6-24-15(27)13(16(24)34-8-19)22-14(26)12(23-29)10-5-33-18(20)21-10/h5,13,16,29H,3-4,6-9H2,1-2H3,(H2,20,21)(H,22,26)/t13?,16-,19?/m1/s1. The third-order valence-corrected chi connectivity index (χ3v) is 7.49. The molecule has 2 saturated heterocycles. The second kappa shape index (κ2) is 11.0. The molecule has 2 fully saturated rings. The van der Waals surface area contributed by atoms with Gasteiger partial charge in [0.15, 0.2) is 10.8 Å². The van der Waals surface area contributed by atoms with Crippen molar-refractivity contribution in [2.24, 2.45) is 10.6 Å². The summed E-state index contributed by atoms with van der Waals surface area (Å²) in [4.78, 5) is 55.0. The van der Waals surface area contributed by atoms with Crippen molar-refractivity contribution in [2.75, 3.05) is 38.5 Å². The van der Waals surface area contributed by atoms with Crippen LogP contribution in [0.5, 0.6) is 0 Å². The number of rotatable bonds is 10. The van der Waals surface area contributed by atoms with E-state index in [0.29, 0.717) is 6.42 Å². The van der Waals surface area contributed by atoms with Gasteiger partial charge in [0.2, 0.25) is 12.7 Å². The first-order chi connectivity index (χ1) is 16.3. The quantitative estimate of drug-likeness (QED) is 0.0935. The fraction of sp³-hybridized carbons (Fsp3) is 0.579. The molecule has 3 atom stereocenters. The van der Waals surface area contributed by atoms with Crippen molar-refractivity contribution in [1.82, 2.24) is 15.2 Å². The van der Waals surface area contributed by atoms with Crippen molar-refractivity contribution >= 4 is 57.7 Å². The van der Waals surface area contributed by atoms with E-state index in [1.807, 2.05) is 6.92 Å². The van der Waals surface area contributed by atoms with E-state index >= 15 is 0 Å². The summed E-state index contributed by atoms with van der Waals surface area (Å²) in [5, 5.41) is 16.0. The molecule has 0 aromatic carbocycles. The van der Waals surface area contributed by atoms with Gasteiger partial charge in [-0.1, -0.05) is 12.1 Å². The summed E-state index contributed by atoms with van der Waals surface area (Å²) in [6.45, 7) is 1.30. The number of oxime groups is 1. The minimum Gasteiger partial charge on any atom is -0.428 e. The third kappa shape index (κ3) is 5.26. The van der Waals surface area contributed by atoms with Gasteiger partial charge in [-0.25, -0.2) is 4.98 Å². The molecule has 0 radical (unpaired) electrons. The number of fused-ring (bicyclic) bond motifs is 1. The zero-order valence-corrected chi connectivity index (χ0v) is 20.1. The molecule has 2 aliphatic heterocycles. The lowest BCUT2D eigenvalue weighted by molar-refractivity contribution is -0.179. The molecule has 0 saturated carbocycles. The lowest BCUT2D eigenvalue weighted by atomic mass is 9.88. The molecular formula is C19H25N5O8S2. The smallest absolute Gasteiger partial charge is 0.319 e. The van der Waals surface area contributed by atoms with Gasteiger partial charge in [-0.15, -0.1) is 23.1 Å². The number of ether oxygens (including phenoxy) is 3. The summed E-state index contributed by atoms with van der Waals surface area (Å²) in [5.41, 5.74) is 4.12. The van der Waals surface area contributed by atoms with Gasteiger partial charge in [-0.2, -0.15) is 0 Å². The number of carbonyl (C=O) groups excluding carboxylic acids is 4. The monoisotopic (exact) mass is 515 g/mol. The van der Waals surface area contributed by atoms with Crippen molar-refractivity contribution in [3.8, 4) is 0 Å². The topological polar surface area (TPSA) is 183 Å². The summed E-state index contributed by atoms with van der Waals surface area (Å²) < 4.78 is 15.2. The SMILES string of the molecule is CCCC(=O)OCOC(=O)C1(COC)CS[C@@H]2C(NC(=O)C(=NO)c3csc(N)n3)C(=O)N2C1. The van der Waals surface area contributed by atoms with E-state index in [0.717, 1.165) is 11.3 Å². The van der Waals surface area contributed by atoms with Gasteiger partial charge in [-0.05, 0) is 6.42 Å². The number of β-lactam (4-membered cyclic amide) rings is 1. The van der Waals surface area contributed by atoms with Gasteiger partial charge in [-0.3, -0.25) is 19.2 Å². The number of nitrogen functional groups attached to an aromatic ring is 1. The number of amides is 2. The van der Waals surface area contributed by atoms with Gasteiger partial charge >= 0.3 is 11.9 Å². The lowest BCUT2D eigenvalue weighted by Crippen LogP contribution is -2.74. The molecule has 0 bridgehead atoms. The Balaban J connectivity index is 1.61. The highest BCUT2D eigenvalue weighted by molar-refractivity contribution is 8.00. The Labute approximate surface area is 203 Å². The van der Waals surface area contributed by atoms with Crippen LogP contribution in [-0.4, -0.2) is 88.8 Å². The van der Waals surface area contributed by atoms with E-state index in [1.54, 1.807) is 0 Å². The van der Waals surface area contributed by atoms with Crippen LogP contribution >= 0.6 is 23.1 Å². The molecule has 2 aliphatic rings. The average Bonchev–Trinajstić information content (AvgIpc) is 3.23. The first-order valence-corrected chi connectivity index (χ1v) is 12.2. The van der Waals surface area contributed by atoms with E-state index in [4.69, 9.17) is 19.9 Å².